The summed E-state index contributed by atoms with van der Waals surface area (Å²) < 4.78 is 20.9. The second-order valence-electron chi connectivity index (χ2n) is 6.01. The quantitative estimate of drug-likeness (QED) is 0.618. The first-order valence-corrected chi connectivity index (χ1v) is 8.62. The molecule has 0 fully saturated rings. The molecule has 1 aromatic carbocycles. The number of benzene rings is 1. The molecule has 10 heteroatoms. The molecule has 0 aliphatic rings. The van der Waals surface area contributed by atoms with Crippen LogP contribution in [0.2, 0.25) is 5.02 Å². The number of fused-ring (bicyclic) bond motifs is 1. The van der Waals surface area contributed by atoms with Crippen LogP contribution in [0, 0.1) is 12.7 Å². The molecule has 0 saturated carbocycles. The number of phenols is 1. The molecule has 0 amide bonds. The lowest BCUT2D eigenvalue weighted by molar-refractivity contribution is 0.0517. The number of carbonyl (C=O) groups is 1. The van der Waals surface area contributed by atoms with Crippen molar-refractivity contribution in [2.45, 2.75) is 26.7 Å². The standard InChI is InChI=1S/C18H18ClFN4O3.H2S/c1-4-27-18(26)12-13(20)11(19)7-10(15(12)25)8(2)17-23-9(3)14-16(21)22-5-6-24(14)17;/h5-8,25H,4H2,1-3H3,(H2,21,22);1H2/t8-;/m0./s1. The number of imidazole rings is 1. The number of halogens is 2. The van der Waals surface area contributed by atoms with Crippen LogP contribution in [0.5, 0.6) is 5.75 Å². The van der Waals surface area contributed by atoms with Gasteiger partial charge in [0.1, 0.15) is 28.5 Å². The molecule has 1 atom stereocenters. The van der Waals surface area contributed by atoms with Gasteiger partial charge in [0, 0.05) is 23.9 Å². The average Bonchev–Trinajstić information content (AvgIpc) is 2.96. The van der Waals surface area contributed by atoms with E-state index in [9.17, 15) is 14.3 Å². The van der Waals surface area contributed by atoms with Crippen molar-refractivity contribution in [2.24, 2.45) is 0 Å². The maximum atomic E-state index is 14.4. The Balaban J connectivity index is 0.00000280. The predicted molar refractivity (Wildman–Crippen MR) is 109 cm³/mol. The van der Waals surface area contributed by atoms with Crippen LogP contribution >= 0.6 is 25.1 Å². The molecule has 0 radical (unpaired) electrons. The molecule has 0 aliphatic heterocycles. The topological polar surface area (TPSA) is 103 Å². The summed E-state index contributed by atoms with van der Waals surface area (Å²) in [5.74, 6) is -2.22. The van der Waals surface area contributed by atoms with Crippen molar-refractivity contribution in [1.82, 2.24) is 14.4 Å². The lowest BCUT2D eigenvalue weighted by Gasteiger charge is -2.16. The van der Waals surface area contributed by atoms with Gasteiger partial charge in [-0.1, -0.05) is 18.5 Å². The van der Waals surface area contributed by atoms with E-state index in [1.807, 2.05) is 0 Å². The monoisotopic (exact) mass is 426 g/mol. The zero-order chi connectivity index (χ0) is 19.9. The summed E-state index contributed by atoms with van der Waals surface area (Å²) in [6.45, 7) is 5.15. The number of ether oxygens (including phenoxy) is 1. The summed E-state index contributed by atoms with van der Waals surface area (Å²) in [6, 6.07) is 1.28. The zero-order valence-electron chi connectivity index (χ0n) is 15.5. The normalized spacial score (nSPS) is 11.9. The van der Waals surface area contributed by atoms with Crippen molar-refractivity contribution < 1.29 is 19.0 Å². The smallest absolute Gasteiger partial charge is 0.345 e. The van der Waals surface area contributed by atoms with Crippen molar-refractivity contribution in [1.29, 1.82) is 0 Å². The fraction of sp³-hybridized carbons (Fsp3) is 0.278. The molecular formula is C18H20ClFN4O3S. The number of rotatable bonds is 4. The molecule has 0 bridgehead atoms. The van der Waals surface area contributed by atoms with Crippen molar-refractivity contribution in [2.75, 3.05) is 12.3 Å². The van der Waals surface area contributed by atoms with Gasteiger partial charge in [-0.2, -0.15) is 13.5 Å². The Labute approximate surface area is 172 Å². The third kappa shape index (κ3) is 3.47. The molecule has 28 heavy (non-hydrogen) atoms. The minimum atomic E-state index is -1.03. The summed E-state index contributed by atoms with van der Waals surface area (Å²) in [6.07, 6.45) is 3.22. The van der Waals surface area contributed by atoms with Crippen molar-refractivity contribution in [3.05, 3.63) is 51.9 Å². The van der Waals surface area contributed by atoms with Crippen LogP contribution in [0.1, 0.15) is 47.2 Å². The van der Waals surface area contributed by atoms with E-state index in [1.165, 1.54) is 12.3 Å². The van der Waals surface area contributed by atoms with E-state index in [-0.39, 0.29) is 30.7 Å². The molecule has 150 valence electrons. The van der Waals surface area contributed by atoms with E-state index in [2.05, 4.69) is 9.97 Å². The lowest BCUT2D eigenvalue weighted by Crippen LogP contribution is -2.11. The van der Waals surface area contributed by atoms with E-state index < -0.39 is 29.0 Å². The van der Waals surface area contributed by atoms with Gasteiger partial charge >= 0.3 is 5.97 Å². The molecule has 3 N–H and O–H groups in total. The number of nitrogens with two attached hydrogens (primary N) is 1. The van der Waals surface area contributed by atoms with Gasteiger partial charge in [-0.3, -0.25) is 4.40 Å². The van der Waals surface area contributed by atoms with Crippen LogP contribution in [-0.2, 0) is 4.74 Å². The number of phenolic OH excluding ortho intramolecular Hbond substituents is 1. The summed E-state index contributed by atoms with van der Waals surface area (Å²) in [5.41, 5.74) is 6.87. The largest absolute Gasteiger partial charge is 0.507 e. The van der Waals surface area contributed by atoms with Gasteiger partial charge < -0.3 is 15.6 Å². The third-order valence-electron chi connectivity index (χ3n) is 4.34. The molecule has 0 aliphatic carbocycles. The molecule has 0 saturated heterocycles. The van der Waals surface area contributed by atoms with Gasteiger partial charge in [-0.25, -0.2) is 19.2 Å². The van der Waals surface area contributed by atoms with Crippen LogP contribution in [0.3, 0.4) is 0 Å². The summed E-state index contributed by atoms with van der Waals surface area (Å²) in [4.78, 5) is 20.6. The van der Waals surface area contributed by atoms with Crippen LogP contribution in [0.15, 0.2) is 18.5 Å². The Bertz CT molecular complexity index is 1060. The average molecular weight is 427 g/mol. The van der Waals surface area contributed by atoms with E-state index in [0.29, 0.717) is 22.9 Å². The van der Waals surface area contributed by atoms with Crippen molar-refractivity contribution in [3.8, 4) is 5.75 Å². The number of hydrogen-bond donors (Lipinski definition) is 2. The van der Waals surface area contributed by atoms with E-state index in [1.54, 1.807) is 31.4 Å². The molecule has 7 nitrogen and oxygen atoms in total. The Morgan fingerprint density at radius 2 is 2.18 bits per heavy atom. The van der Waals surface area contributed by atoms with Crippen LogP contribution in [-0.4, -0.2) is 32.1 Å². The van der Waals surface area contributed by atoms with Crippen molar-refractivity contribution >= 4 is 42.4 Å². The molecule has 2 aromatic heterocycles. The number of anilines is 1. The first-order valence-electron chi connectivity index (χ1n) is 8.24. The number of aromatic hydroxyl groups is 1. The molecule has 2 heterocycles. The van der Waals surface area contributed by atoms with E-state index >= 15 is 0 Å². The molecular weight excluding hydrogens is 407 g/mol. The second-order valence-corrected chi connectivity index (χ2v) is 6.42. The summed E-state index contributed by atoms with van der Waals surface area (Å²) in [5, 5.41) is 10.3. The first kappa shape index (κ1) is 21.8. The highest BCUT2D eigenvalue weighted by molar-refractivity contribution is 7.59. The van der Waals surface area contributed by atoms with Gasteiger partial charge in [0.2, 0.25) is 0 Å². The summed E-state index contributed by atoms with van der Waals surface area (Å²) >= 11 is 5.96. The molecule has 0 spiro atoms. The fourth-order valence-electron chi connectivity index (χ4n) is 3.07. The Hall–Kier alpha value is -2.52. The maximum absolute atomic E-state index is 14.4. The van der Waals surface area contributed by atoms with Gasteiger partial charge in [0.25, 0.3) is 0 Å². The summed E-state index contributed by atoms with van der Waals surface area (Å²) in [7, 11) is 0. The van der Waals surface area contributed by atoms with Gasteiger partial charge in [-0.05, 0) is 19.9 Å². The first-order chi connectivity index (χ1) is 12.8. The molecule has 0 unspecified atom stereocenters. The highest BCUT2D eigenvalue weighted by Gasteiger charge is 2.28. The number of esters is 1. The van der Waals surface area contributed by atoms with E-state index in [4.69, 9.17) is 22.1 Å². The maximum Gasteiger partial charge on any atom is 0.345 e. The fourth-order valence-corrected chi connectivity index (χ4v) is 3.28. The Kier molecular flexibility index (Phi) is 6.41. The number of aryl methyl sites for hydroxylation is 1. The highest BCUT2D eigenvalue weighted by Crippen LogP contribution is 2.38. The van der Waals surface area contributed by atoms with Crippen molar-refractivity contribution in [3.63, 3.8) is 0 Å². The van der Waals surface area contributed by atoms with Gasteiger partial charge in [-0.15, -0.1) is 0 Å². The molecule has 3 aromatic rings. The number of nitrogens with zero attached hydrogens (tertiary/aromatic N) is 3. The zero-order valence-corrected chi connectivity index (χ0v) is 17.2. The predicted octanol–water partition coefficient (Wildman–Crippen LogP) is 3.56. The molecule has 3 rings (SSSR count). The highest BCUT2D eigenvalue weighted by atomic mass is 35.5. The minimum Gasteiger partial charge on any atom is -0.507 e. The van der Waals surface area contributed by atoms with Crippen LogP contribution < -0.4 is 5.73 Å². The number of carbonyl (C=O) groups excluding carboxylic acids is 1. The van der Waals surface area contributed by atoms with Crippen LogP contribution in [0.25, 0.3) is 5.52 Å². The van der Waals surface area contributed by atoms with Crippen LogP contribution in [0.4, 0.5) is 10.2 Å². The minimum absolute atomic E-state index is 0. The Morgan fingerprint density at radius 1 is 1.50 bits per heavy atom. The van der Waals surface area contributed by atoms with E-state index in [0.717, 1.165) is 0 Å². The Morgan fingerprint density at radius 3 is 2.82 bits per heavy atom. The second kappa shape index (κ2) is 8.24. The number of hydrogen-bond acceptors (Lipinski definition) is 6. The SMILES string of the molecule is CCOC(=O)c1c(O)c([C@H](C)c2nc(C)c3c(N)nccn23)cc(Cl)c1F.S. The van der Waals surface area contributed by atoms with Gasteiger partial charge in [0.05, 0.1) is 17.3 Å². The van der Waals surface area contributed by atoms with Gasteiger partial charge in [0.15, 0.2) is 5.82 Å². The third-order valence-corrected chi connectivity index (χ3v) is 4.61. The lowest BCUT2D eigenvalue weighted by atomic mass is 9.96. The number of aromatic nitrogens is 3. The number of nitrogen functional groups attached to an aromatic ring is 1.